The predicted molar refractivity (Wildman–Crippen MR) is 71.4 cm³/mol. The fourth-order valence-corrected chi connectivity index (χ4v) is 2.50. The Morgan fingerprint density at radius 1 is 1.37 bits per heavy atom. The predicted octanol–water partition coefficient (Wildman–Crippen LogP) is 1.45. The summed E-state index contributed by atoms with van der Waals surface area (Å²) in [6, 6.07) is 6.81. The summed E-state index contributed by atoms with van der Waals surface area (Å²) >= 11 is 0. The number of pyridine rings is 1. The van der Waals surface area contributed by atoms with E-state index in [9.17, 15) is 13.2 Å². The van der Waals surface area contributed by atoms with E-state index in [0.29, 0.717) is 11.1 Å². The monoisotopic (exact) mass is 280 g/mol. The molecule has 1 atom stereocenters. The van der Waals surface area contributed by atoms with E-state index in [1.54, 1.807) is 24.4 Å². The van der Waals surface area contributed by atoms with Gasteiger partial charge in [-0.15, -0.1) is 0 Å². The molecule has 7 heteroatoms. The maximum atomic E-state index is 11.9. The van der Waals surface area contributed by atoms with E-state index in [2.05, 4.69) is 9.71 Å². The van der Waals surface area contributed by atoms with Crippen molar-refractivity contribution >= 4 is 32.5 Å². The molecule has 1 aromatic carbocycles. The van der Waals surface area contributed by atoms with Crippen molar-refractivity contribution in [3.8, 4) is 0 Å². The quantitative estimate of drug-likeness (QED) is 0.883. The molecule has 0 spiro atoms. The number of hydrogen-bond acceptors (Lipinski definition) is 4. The fraction of sp³-hybridized carbons (Fsp3) is 0.167. The van der Waals surface area contributed by atoms with Crippen molar-refractivity contribution in [2.45, 2.75) is 12.2 Å². The zero-order valence-electron chi connectivity index (χ0n) is 10.1. The van der Waals surface area contributed by atoms with Crippen molar-refractivity contribution in [2.75, 3.05) is 4.72 Å². The first-order valence-electron chi connectivity index (χ1n) is 5.49. The highest BCUT2D eigenvalue weighted by Crippen LogP contribution is 2.23. The van der Waals surface area contributed by atoms with E-state index < -0.39 is 21.2 Å². The average Bonchev–Trinajstić information content (AvgIpc) is 2.38. The third-order valence-electron chi connectivity index (χ3n) is 2.75. The van der Waals surface area contributed by atoms with Crippen LogP contribution in [0.5, 0.6) is 0 Å². The Morgan fingerprint density at radius 3 is 2.79 bits per heavy atom. The van der Waals surface area contributed by atoms with Gasteiger partial charge in [0.2, 0.25) is 10.0 Å². The molecule has 0 bridgehead atoms. The molecule has 6 nitrogen and oxygen atoms in total. The standard InChI is InChI=1S/C12H12N2O4S/c1-8(12(15)16)19(17,18)14-11-4-2-3-9-5-6-13-7-10(9)11/h2-8,14H,1H3,(H,15,16). The first-order chi connectivity index (χ1) is 8.92. The summed E-state index contributed by atoms with van der Waals surface area (Å²) in [5.74, 6) is -1.40. The van der Waals surface area contributed by atoms with Crippen LogP contribution in [0.15, 0.2) is 36.7 Å². The second-order valence-electron chi connectivity index (χ2n) is 4.03. The molecule has 0 aliphatic carbocycles. The smallest absolute Gasteiger partial charge is 0.323 e. The van der Waals surface area contributed by atoms with Gasteiger partial charge in [0, 0.05) is 17.8 Å². The van der Waals surface area contributed by atoms with Crippen molar-refractivity contribution in [1.29, 1.82) is 0 Å². The maximum Gasteiger partial charge on any atom is 0.323 e. The molecular formula is C12H12N2O4S. The van der Waals surface area contributed by atoms with Crippen molar-refractivity contribution in [2.24, 2.45) is 0 Å². The minimum atomic E-state index is -3.98. The summed E-state index contributed by atoms with van der Waals surface area (Å²) in [7, 11) is -3.98. The van der Waals surface area contributed by atoms with E-state index in [0.717, 1.165) is 12.3 Å². The Morgan fingerprint density at radius 2 is 2.11 bits per heavy atom. The molecule has 2 N–H and O–H groups in total. The highest BCUT2D eigenvalue weighted by atomic mass is 32.2. The second kappa shape index (κ2) is 4.85. The number of aromatic nitrogens is 1. The Bertz CT molecular complexity index is 722. The summed E-state index contributed by atoms with van der Waals surface area (Å²) in [6.07, 6.45) is 3.12. The van der Waals surface area contributed by atoms with Crippen LogP contribution in [0.4, 0.5) is 5.69 Å². The molecule has 100 valence electrons. The Hall–Kier alpha value is -2.15. The molecule has 2 aromatic rings. The number of carbonyl (C=O) groups is 1. The van der Waals surface area contributed by atoms with Crippen molar-refractivity contribution < 1.29 is 18.3 Å². The van der Waals surface area contributed by atoms with Crippen LogP contribution in [0, 0.1) is 0 Å². The number of aliphatic carboxylic acids is 1. The number of rotatable bonds is 4. The van der Waals surface area contributed by atoms with Gasteiger partial charge in [-0.05, 0) is 24.4 Å². The number of sulfonamides is 1. The second-order valence-corrected chi connectivity index (χ2v) is 6.03. The molecule has 0 saturated carbocycles. The van der Waals surface area contributed by atoms with Crippen molar-refractivity contribution in [3.05, 3.63) is 36.7 Å². The lowest BCUT2D eigenvalue weighted by molar-refractivity contribution is -0.136. The lowest BCUT2D eigenvalue weighted by Gasteiger charge is -2.12. The van der Waals surface area contributed by atoms with Gasteiger partial charge in [-0.25, -0.2) is 8.42 Å². The van der Waals surface area contributed by atoms with Gasteiger partial charge in [0.05, 0.1) is 5.69 Å². The van der Waals surface area contributed by atoms with E-state index in [1.165, 1.54) is 6.20 Å². The molecule has 0 aliphatic heterocycles. The molecule has 0 aliphatic rings. The van der Waals surface area contributed by atoms with Gasteiger partial charge in [-0.1, -0.05) is 12.1 Å². The Labute approximate surface area is 110 Å². The maximum absolute atomic E-state index is 11.9. The van der Waals surface area contributed by atoms with Crippen molar-refractivity contribution in [3.63, 3.8) is 0 Å². The largest absolute Gasteiger partial charge is 0.480 e. The molecule has 1 unspecified atom stereocenters. The number of carboxylic acid groups (broad SMARTS) is 1. The van der Waals surface area contributed by atoms with E-state index in [1.807, 2.05) is 6.07 Å². The normalized spacial score (nSPS) is 13.1. The molecule has 1 heterocycles. The molecule has 0 saturated heterocycles. The van der Waals surface area contributed by atoms with Crippen LogP contribution < -0.4 is 4.72 Å². The van der Waals surface area contributed by atoms with Crippen LogP contribution in [0.3, 0.4) is 0 Å². The van der Waals surface area contributed by atoms with Crippen molar-refractivity contribution in [1.82, 2.24) is 4.98 Å². The van der Waals surface area contributed by atoms with Gasteiger partial charge in [0.25, 0.3) is 0 Å². The van der Waals surface area contributed by atoms with E-state index in [4.69, 9.17) is 5.11 Å². The van der Waals surface area contributed by atoms with Gasteiger partial charge >= 0.3 is 5.97 Å². The lowest BCUT2D eigenvalue weighted by Crippen LogP contribution is -2.32. The van der Waals surface area contributed by atoms with Gasteiger partial charge in [-0.3, -0.25) is 14.5 Å². The fourth-order valence-electron chi connectivity index (χ4n) is 1.58. The first kappa shape index (κ1) is 13.3. The van der Waals surface area contributed by atoms with Crippen LogP contribution in [-0.4, -0.2) is 29.7 Å². The van der Waals surface area contributed by atoms with Gasteiger partial charge in [-0.2, -0.15) is 0 Å². The minimum absolute atomic E-state index is 0.318. The van der Waals surface area contributed by atoms with Crippen LogP contribution in [-0.2, 0) is 14.8 Å². The summed E-state index contributed by atoms with van der Waals surface area (Å²) in [6.45, 7) is 1.12. The summed E-state index contributed by atoms with van der Waals surface area (Å²) in [5.41, 5.74) is 0.318. The van der Waals surface area contributed by atoms with Gasteiger partial charge < -0.3 is 5.11 Å². The number of hydrogen-bond donors (Lipinski definition) is 2. The molecule has 0 amide bonds. The van der Waals surface area contributed by atoms with Crippen LogP contribution in [0.25, 0.3) is 10.8 Å². The molecule has 2 rings (SSSR count). The Balaban J connectivity index is 2.45. The molecule has 1 aromatic heterocycles. The third kappa shape index (κ3) is 2.65. The van der Waals surface area contributed by atoms with Gasteiger partial charge in [0.15, 0.2) is 5.25 Å². The number of carboxylic acids is 1. The molecular weight excluding hydrogens is 268 g/mol. The van der Waals surface area contributed by atoms with Crippen LogP contribution in [0.1, 0.15) is 6.92 Å². The minimum Gasteiger partial charge on any atom is -0.480 e. The third-order valence-corrected chi connectivity index (χ3v) is 4.39. The molecule has 0 fully saturated rings. The summed E-state index contributed by atoms with van der Waals surface area (Å²) in [4.78, 5) is 14.7. The average molecular weight is 280 g/mol. The highest BCUT2D eigenvalue weighted by Gasteiger charge is 2.27. The van der Waals surface area contributed by atoms with E-state index in [-0.39, 0.29) is 0 Å². The van der Waals surface area contributed by atoms with Gasteiger partial charge in [0.1, 0.15) is 0 Å². The molecule has 0 radical (unpaired) electrons. The first-order valence-corrected chi connectivity index (χ1v) is 7.03. The van der Waals surface area contributed by atoms with E-state index >= 15 is 0 Å². The topological polar surface area (TPSA) is 96.4 Å². The highest BCUT2D eigenvalue weighted by molar-refractivity contribution is 7.94. The number of nitrogens with zero attached hydrogens (tertiary/aromatic N) is 1. The number of anilines is 1. The SMILES string of the molecule is CC(C(=O)O)S(=O)(=O)Nc1cccc2ccncc12. The number of nitrogens with one attached hydrogen (secondary N) is 1. The Kier molecular flexibility index (Phi) is 3.39. The van der Waals surface area contributed by atoms with Crippen LogP contribution >= 0.6 is 0 Å². The number of benzene rings is 1. The zero-order chi connectivity index (χ0) is 14.0. The van der Waals surface area contributed by atoms with Crippen LogP contribution in [0.2, 0.25) is 0 Å². The summed E-state index contributed by atoms with van der Waals surface area (Å²) < 4.78 is 26.0. The summed E-state index contributed by atoms with van der Waals surface area (Å²) in [5, 5.41) is 8.68. The molecule has 19 heavy (non-hydrogen) atoms. The zero-order valence-corrected chi connectivity index (χ0v) is 10.9. The lowest BCUT2D eigenvalue weighted by atomic mass is 10.1. The number of fused-ring (bicyclic) bond motifs is 1.